The number of anilines is 1. The minimum atomic E-state index is -0.0834. The van der Waals surface area contributed by atoms with Crippen molar-refractivity contribution in [3.05, 3.63) is 102 Å². The average molecular weight is 395 g/mol. The minimum absolute atomic E-state index is 0.0834. The molecule has 0 saturated carbocycles. The van der Waals surface area contributed by atoms with Gasteiger partial charge in [-0.15, -0.1) is 0 Å². The zero-order valence-corrected chi connectivity index (χ0v) is 15.6. The van der Waals surface area contributed by atoms with Crippen molar-refractivity contribution in [2.45, 2.75) is 5.32 Å². The first-order valence-electron chi connectivity index (χ1n) is 8.13. The van der Waals surface area contributed by atoms with E-state index >= 15 is 0 Å². The topological polar surface area (TPSA) is 32.3 Å². The van der Waals surface area contributed by atoms with Crippen molar-refractivity contribution >= 4 is 26.6 Å². The Labute approximate surface area is 154 Å². The maximum absolute atomic E-state index is 12.5. The van der Waals surface area contributed by atoms with E-state index in [1.165, 1.54) is 5.56 Å². The molecule has 0 aliphatic heterocycles. The Morgan fingerprint density at radius 1 is 0.800 bits per heavy atom. The van der Waals surface area contributed by atoms with E-state index in [9.17, 15) is 4.79 Å². The number of carbonyl (C=O) groups excluding carboxylic acids is 1. The summed E-state index contributed by atoms with van der Waals surface area (Å²) in [5.41, 5.74) is 6.86. The molecule has 0 unspecified atom stereocenters. The SMILES string of the molecule is O=C(NN(C[Se]Cc1ccccc1)c1ccccc1)c1ccccc1. The fourth-order valence-corrected chi connectivity index (χ4v) is 4.31. The van der Waals surface area contributed by atoms with E-state index in [1.54, 1.807) is 0 Å². The molecule has 0 aliphatic carbocycles. The van der Waals surface area contributed by atoms with Crippen molar-refractivity contribution in [2.75, 3.05) is 10.5 Å². The fraction of sp³-hybridized carbons (Fsp3) is 0.0952. The summed E-state index contributed by atoms with van der Waals surface area (Å²) in [6.07, 6.45) is 0. The number of nitrogens with one attached hydrogen (secondary N) is 1. The number of hydrogen-bond acceptors (Lipinski definition) is 2. The van der Waals surface area contributed by atoms with Crippen LogP contribution in [0.2, 0.25) is 0 Å². The van der Waals surface area contributed by atoms with E-state index in [-0.39, 0.29) is 5.91 Å². The summed E-state index contributed by atoms with van der Waals surface area (Å²) in [4.78, 5) is 12.5. The molecule has 0 fully saturated rings. The zero-order chi connectivity index (χ0) is 17.3. The molecule has 0 radical (unpaired) electrons. The van der Waals surface area contributed by atoms with Gasteiger partial charge in [0.05, 0.1) is 0 Å². The van der Waals surface area contributed by atoms with Gasteiger partial charge in [0.2, 0.25) is 0 Å². The van der Waals surface area contributed by atoms with Gasteiger partial charge in [0.15, 0.2) is 0 Å². The molecule has 3 aromatic carbocycles. The summed E-state index contributed by atoms with van der Waals surface area (Å²) in [5, 5.41) is 3.00. The van der Waals surface area contributed by atoms with E-state index in [4.69, 9.17) is 0 Å². The predicted molar refractivity (Wildman–Crippen MR) is 104 cm³/mol. The molecular weight excluding hydrogens is 375 g/mol. The summed E-state index contributed by atoms with van der Waals surface area (Å²) in [7, 11) is 0. The molecule has 0 saturated heterocycles. The molecule has 1 amide bonds. The molecule has 1 N–H and O–H groups in total. The second kappa shape index (κ2) is 9.07. The summed E-state index contributed by atoms with van der Waals surface area (Å²) in [6.45, 7) is 0. The van der Waals surface area contributed by atoms with Crippen molar-refractivity contribution in [1.29, 1.82) is 0 Å². The Hall–Kier alpha value is -2.55. The number of hydrazine groups is 1. The van der Waals surface area contributed by atoms with Gasteiger partial charge >= 0.3 is 155 Å². The van der Waals surface area contributed by atoms with Crippen LogP contribution < -0.4 is 10.4 Å². The van der Waals surface area contributed by atoms with E-state index in [0.29, 0.717) is 20.5 Å². The summed E-state index contributed by atoms with van der Waals surface area (Å²) in [5.74, 6) is -0.0834. The standard InChI is InChI=1S/C21H20N2OSe/c24-21(19-12-6-2-7-13-19)22-23(20-14-8-3-9-15-20)17-25-16-18-10-4-1-5-11-18/h1-15H,16-17H2,(H,22,24). The van der Waals surface area contributed by atoms with Crippen molar-refractivity contribution in [2.24, 2.45) is 0 Å². The van der Waals surface area contributed by atoms with Gasteiger partial charge in [-0.2, -0.15) is 0 Å². The van der Waals surface area contributed by atoms with Crippen LogP contribution in [0.3, 0.4) is 0 Å². The van der Waals surface area contributed by atoms with Crippen LogP contribution >= 0.6 is 0 Å². The van der Waals surface area contributed by atoms with Gasteiger partial charge in [0, 0.05) is 0 Å². The van der Waals surface area contributed by atoms with Crippen LogP contribution in [0, 0.1) is 0 Å². The van der Waals surface area contributed by atoms with Crippen molar-refractivity contribution in [3.8, 4) is 0 Å². The number of carbonyl (C=O) groups is 1. The third-order valence-electron chi connectivity index (χ3n) is 3.67. The number of nitrogens with zero attached hydrogens (tertiary/aromatic N) is 1. The first kappa shape index (κ1) is 17.3. The number of benzene rings is 3. The van der Waals surface area contributed by atoms with Gasteiger partial charge in [-0.05, 0) is 0 Å². The molecule has 25 heavy (non-hydrogen) atoms. The second-order valence-electron chi connectivity index (χ2n) is 5.53. The van der Waals surface area contributed by atoms with Gasteiger partial charge < -0.3 is 0 Å². The van der Waals surface area contributed by atoms with Gasteiger partial charge in [-0.1, -0.05) is 0 Å². The Kier molecular flexibility index (Phi) is 6.27. The molecular formula is C21H20N2OSe. The van der Waals surface area contributed by atoms with Crippen molar-refractivity contribution in [1.82, 2.24) is 5.43 Å². The fourth-order valence-electron chi connectivity index (χ4n) is 2.38. The predicted octanol–water partition coefficient (Wildman–Crippen LogP) is 3.70. The average Bonchev–Trinajstić information content (AvgIpc) is 2.69. The normalized spacial score (nSPS) is 10.2. The van der Waals surface area contributed by atoms with E-state index in [0.717, 1.165) is 16.4 Å². The van der Waals surface area contributed by atoms with Gasteiger partial charge in [-0.25, -0.2) is 0 Å². The zero-order valence-electron chi connectivity index (χ0n) is 13.8. The Bertz CT molecular complexity index is 779. The van der Waals surface area contributed by atoms with Crippen molar-refractivity contribution in [3.63, 3.8) is 0 Å². The van der Waals surface area contributed by atoms with Crippen LogP contribution in [0.1, 0.15) is 15.9 Å². The van der Waals surface area contributed by atoms with E-state index in [2.05, 4.69) is 29.7 Å². The summed E-state index contributed by atoms with van der Waals surface area (Å²) < 4.78 is 0. The van der Waals surface area contributed by atoms with E-state index < -0.39 is 0 Å². The van der Waals surface area contributed by atoms with Crippen LogP contribution in [0.15, 0.2) is 91.0 Å². The second-order valence-corrected chi connectivity index (χ2v) is 7.54. The number of para-hydroxylation sites is 1. The molecule has 0 aromatic heterocycles. The Balaban J connectivity index is 1.66. The third-order valence-corrected chi connectivity index (χ3v) is 5.72. The monoisotopic (exact) mass is 396 g/mol. The van der Waals surface area contributed by atoms with Gasteiger partial charge in [-0.3, -0.25) is 0 Å². The molecule has 3 rings (SSSR count). The molecule has 0 aliphatic rings. The molecule has 0 spiro atoms. The first-order chi connectivity index (χ1) is 12.3. The van der Waals surface area contributed by atoms with Crippen LogP contribution in [-0.2, 0) is 5.32 Å². The van der Waals surface area contributed by atoms with Gasteiger partial charge in [0.25, 0.3) is 0 Å². The maximum atomic E-state index is 12.5. The quantitative estimate of drug-likeness (QED) is 0.489. The number of hydrogen-bond donors (Lipinski definition) is 1. The van der Waals surface area contributed by atoms with E-state index in [1.807, 2.05) is 71.7 Å². The molecule has 0 bridgehead atoms. The molecule has 0 atom stereocenters. The molecule has 0 heterocycles. The van der Waals surface area contributed by atoms with Gasteiger partial charge in [0.1, 0.15) is 0 Å². The molecule has 126 valence electrons. The van der Waals surface area contributed by atoms with Crippen LogP contribution in [-0.4, -0.2) is 26.3 Å². The summed E-state index contributed by atoms with van der Waals surface area (Å²) in [6, 6.07) is 29.8. The van der Waals surface area contributed by atoms with Crippen LogP contribution in [0.5, 0.6) is 0 Å². The first-order valence-corrected chi connectivity index (χ1v) is 10.6. The third kappa shape index (κ3) is 5.21. The molecule has 3 nitrogen and oxygen atoms in total. The van der Waals surface area contributed by atoms with Crippen LogP contribution in [0.4, 0.5) is 5.69 Å². The summed E-state index contributed by atoms with van der Waals surface area (Å²) >= 11 is 0.348. The van der Waals surface area contributed by atoms with Crippen molar-refractivity contribution < 1.29 is 4.79 Å². The van der Waals surface area contributed by atoms with Crippen LogP contribution in [0.25, 0.3) is 0 Å². The Morgan fingerprint density at radius 2 is 1.36 bits per heavy atom. The number of rotatable bonds is 7. The number of amides is 1. The molecule has 3 aromatic rings. The Morgan fingerprint density at radius 3 is 2.00 bits per heavy atom. The molecule has 4 heteroatoms.